The van der Waals surface area contributed by atoms with E-state index in [4.69, 9.17) is 10.5 Å². The van der Waals surface area contributed by atoms with Crippen LogP contribution in [0.15, 0.2) is 18.2 Å². The van der Waals surface area contributed by atoms with E-state index in [0.29, 0.717) is 12.5 Å². The van der Waals surface area contributed by atoms with Gasteiger partial charge < -0.3 is 10.5 Å². The van der Waals surface area contributed by atoms with Gasteiger partial charge >= 0.3 is 0 Å². The van der Waals surface area contributed by atoms with Gasteiger partial charge in [-0.1, -0.05) is 32.0 Å². The summed E-state index contributed by atoms with van der Waals surface area (Å²) in [5, 5.41) is 0. The summed E-state index contributed by atoms with van der Waals surface area (Å²) in [7, 11) is 0. The van der Waals surface area contributed by atoms with Gasteiger partial charge in [-0.15, -0.1) is 0 Å². The predicted octanol–water partition coefficient (Wildman–Crippen LogP) is 2.35. The number of rotatable bonds is 3. The first-order valence-electron chi connectivity index (χ1n) is 5.98. The first-order chi connectivity index (χ1) is 7.59. The van der Waals surface area contributed by atoms with Gasteiger partial charge in [-0.25, -0.2) is 0 Å². The fourth-order valence-electron chi connectivity index (χ4n) is 2.30. The fourth-order valence-corrected chi connectivity index (χ4v) is 2.30. The Bertz CT molecular complexity index is 375. The number of aryl methyl sites for hydroxylation is 1. The van der Waals surface area contributed by atoms with Crippen LogP contribution in [0.25, 0.3) is 0 Å². The Morgan fingerprint density at radius 1 is 1.38 bits per heavy atom. The highest BCUT2D eigenvalue weighted by atomic mass is 16.5. The van der Waals surface area contributed by atoms with Gasteiger partial charge in [-0.3, -0.25) is 0 Å². The lowest BCUT2D eigenvalue weighted by molar-refractivity contribution is -0.0553. The van der Waals surface area contributed by atoms with E-state index in [1.165, 1.54) is 16.7 Å². The number of benzene rings is 1. The third-order valence-electron chi connectivity index (χ3n) is 3.65. The molecule has 1 heterocycles. The predicted molar refractivity (Wildman–Crippen MR) is 66.8 cm³/mol. The highest BCUT2D eigenvalue weighted by molar-refractivity contribution is 5.40. The lowest BCUT2D eigenvalue weighted by atomic mass is 9.75. The summed E-state index contributed by atoms with van der Waals surface area (Å²) in [5.41, 5.74) is 10.1. The molecule has 2 N–H and O–H groups in total. The molecule has 0 aromatic heterocycles. The Kier molecular flexibility index (Phi) is 3.04. The van der Waals surface area contributed by atoms with E-state index in [2.05, 4.69) is 39.0 Å². The van der Waals surface area contributed by atoms with Crippen LogP contribution in [0.5, 0.6) is 0 Å². The van der Waals surface area contributed by atoms with Crippen LogP contribution in [0.3, 0.4) is 0 Å². The first kappa shape index (κ1) is 11.6. The van der Waals surface area contributed by atoms with Gasteiger partial charge in [0.25, 0.3) is 0 Å². The average molecular weight is 219 g/mol. The molecule has 1 aliphatic heterocycles. The molecule has 1 saturated heterocycles. The summed E-state index contributed by atoms with van der Waals surface area (Å²) >= 11 is 0. The number of ether oxygens (including phenoxy) is 1. The smallest absolute Gasteiger partial charge is 0.0598 e. The summed E-state index contributed by atoms with van der Waals surface area (Å²) in [5.74, 6) is 0.565. The van der Waals surface area contributed by atoms with Crippen LogP contribution in [0.2, 0.25) is 0 Å². The lowest BCUT2D eigenvalue weighted by Crippen LogP contribution is -2.52. The van der Waals surface area contributed by atoms with Crippen LogP contribution >= 0.6 is 0 Å². The molecule has 0 aliphatic carbocycles. The van der Waals surface area contributed by atoms with Gasteiger partial charge in [-0.05, 0) is 29.5 Å². The molecular formula is C14H21NO. The quantitative estimate of drug-likeness (QED) is 0.847. The summed E-state index contributed by atoms with van der Waals surface area (Å²) in [6.07, 6.45) is 0. The minimum Gasteiger partial charge on any atom is -0.379 e. The van der Waals surface area contributed by atoms with E-state index >= 15 is 0 Å². The highest BCUT2D eigenvalue weighted by Crippen LogP contribution is 2.35. The summed E-state index contributed by atoms with van der Waals surface area (Å²) in [6.45, 7) is 8.82. The summed E-state index contributed by atoms with van der Waals surface area (Å²) in [6, 6.07) is 6.74. The minimum atomic E-state index is 0.0784. The second-order valence-electron chi connectivity index (χ2n) is 5.21. The molecule has 0 atom stereocenters. The summed E-state index contributed by atoms with van der Waals surface area (Å²) < 4.78 is 5.36. The normalized spacial score (nSPS) is 18.6. The first-order valence-corrected chi connectivity index (χ1v) is 5.98. The maximum absolute atomic E-state index is 5.92. The summed E-state index contributed by atoms with van der Waals surface area (Å²) in [4.78, 5) is 0. The number of hydrogen-bond acceptors (Lipinski definition) is 2. The molecule has 2 heteroatoms. The second-order valence-corrected chi connectivity index (χ2v) is 5.21. The van der Waals surface area contributed by atoms with E-state index in [1.807, 2.05) is 0 Å². The van der Waals surface area contributed by atoms with Crippen LogP contribution in [0.4, 0.5) is 0 Å². The van der Waals surface area contributed by atoms with E-state index in [9.17, 15) is 0 Å². The zero-order chi connectivity index (χ0) is 11.8. The van der Waals surface area contributed by atoms with Gasteiger partial charge in [0.05, 0.1) is 18.6 Å². The topological polar surface area (TPSA) is 35.2 Å². The molecule has 1 aromatic carbocycles. The van der Waals surface area contributed by atoms with Crippen molar-refractivity contribution >= 4 is 0 Å². The second kappa shape index (κ2) is 4.19. The van der Waals surface area contributed by atoms with Crippen LogP contribution in [0.1, 0.15) is 36.5 Å². The van der Waals surface area contributed by atoms with Crippen molar-refractivity contribution in [2.75, 3.05) is 19.8 Å². The molecule has 0 spiro atoms. The van der Waals surface area contributed by atoms with Crippen molar-refractivity contribution < 1.29 is 4.74 Å². The molecule has 0 radical (unpaired) electrons. The molecule has 0 unspecified atom stereocenters. The van der Waals surface area contributed by atoms with Gasteiger partial charge in [0.2, 0.25) is 0 Å². The lowest BCUT2D eigenvalue weighted by Gasteiger charge is -2.42. The molecule has 1 fully saturated rings. The van der Waals surface area contributed by atoms with E-state index in [1.54, 1.807) is 0 Å². The SMILES string of the molecule is Cc1ccc(C(C)C)cc1C1(CN)COC1. The molecule has 2 nitrogen and oxygen atoms in total. The molecule has 0 saturated carbocycles. The van der Waals surface area contributed by atoms with Gasteiger partial charge in [0, 0.05) is 6.54 Å². The van der Waals surface area contributed by atoms with Crippen molar-refractivity contribution in [3.63, 3.8) is 0 Å². The third-order valence-corrected chi connectivity index (χ3v) is 3.65. The van der Waals surface area contributed by atoms with E-state index in [-0.39, 0.29) is 5.41 Å². The Morgan fingerprint density at radius 3 is 2.50 bits per heavy atom. The van der Waals surface area contributed by atoms with E-state index in [0.717, 1.165) is 13.2 Å². The number of nitrogens with two attached hydrogens (primary N) is 1. The van der Waals surface area contributed by atoms with Crippen molar-refractivity contribution in [3.05, 3.63) is 34.9 Å². The standard InChI is InChI=1S/C14H21NO/c1-10(2)12-5-4-11(3)13(6-12)14(7-15)8-16-9-14/h4-6,10H,7-9,15H2,1-3H3. The van der Waals surface area contributed by atoms with Crippen LogP contribution in [-0.4, -0.2) is 19.8 Å². The molecule has 88 valence electrons. The molecule has 1 aliphatic rings. The molecular weight excluding hydrogens is 198 g/mol. The van der Waals surface area contributed by atoms with Crippen LogP contribution in [-0.2, 0) is 10.2 Å². The minimum absolute atomic E-state index is 0.0784. The Hall–Kier alpha value is -0.860. The average Bonchev–Trinajstić information content (AvgIpc) is 2.19. The van der Waals surface area contributed by atoms with Crippen molar-refractivity contribution in [1.29, 1.82) is 0 Å². The van der Waals surface area contributed by atoms with Crippen LogP contribution in [0, 0.1) is 6.92 Å². The molecule has 2 rings (SSSR count). The van der Waals surface area contributed by atoms with Crippen molar-refractivity contribution in [2.24, 2.45) is 5.73 Å². The Morgan fingerprint density at radius 2 is 2.06 bits per heavy atom. The van der Waals surface area contributed by atoms with Crippen LogP contribution < -0.4 is 5.73 Å². The zero-order valence-electron chi connectivity index (χ0n) is 10.4. The maximum atomic E-state index is 5.92. The maximum Gasteiger partial charge on any atom is 0.0598 e. The zero-order valence-corrected chi connectivity index (χ0v) is 10.4. The van der Waals surface area contributed by atoms with Gasteiger partial charge in [0.15, 0.2) is 0 Å². The van der Waals surface area contributed by atoms with Crippen molar-refractivity contribution in [3.8, 4) is 0 Å². The van der Waals surface area contributed by atoms with Gasteiger partial charge in [0.1, 0.15) is 0 Å². The molecule has 1 aromatic rings. The third kappa shape index (κ3) is 1.76. The molecule has 16 heavy (non-hydrogen) atoms. The highest BCUT2D eigenvalue weighted by Gasteiger charge is 2.40. The van der Waals surface area contributed by atoms with Gasteiger partial charge in [-0.2, -0.15) is 0 Å². The van der Waals surface area contributed by atoms with Crippen molar-refractivity contribution in [1.82, 2.24) is 0 Å². The fraction of sp³-hybridized carbons (Fsp3) is 0.571. The molecule has 0 amide bonds. The van der Waals surface area contributed by atoms with E-state index < -0.39 is 0 Å². The largest absolute Gasteiger partial charge is 0.379 e. The molecule has 0 bridgehead atoms. The Balaban J connectivity index is 2.42. The number of hydrogen-bond donors (Lipinski definition) is 1. The monoisotopic (exact) mass is 219 g/mol. The van der Waals surface area contributed by atoms with Crippen molar-refractivity contribution in [2.45, 2.75) is 32.1 Å². The Labute approximate surface area is 97.8 Å².